The van der Waals surface area contributed by atoms with Crippen LogP contribution in [0.2, 0.25) is 0 Å². The lowest BCUT2D eigenvalue weighted by Crippen LogP contribution is -2.21. The second-order valence-corrected chi connectivity index (χ2v) is 6.15. The summed E-state index contributed by atoms with van der Waals surface area (Å²) in [6.45, 7) is 1.96. The molecular weight excluding hydrogens is 370 g/mol. The number of carbonyl (C=O) groups is 1. The smallest absolute Gasteiger partial charge is 0.279 e. The number of halogens is 1. The fourth-order valence-corrected chi connectivity index (χ4v) is 2.97. The van der Waals surface area contributed by atoms with Crippen molar-refractivity contribution in [3.05, 3.63) is 63.5 Å². The van der Waals surface area contributed by atoms with Crippen molar-refractivity contribution in [1.82, 2.24) is 9.78 Å². The van der Waals surface area contributed by atoms with E-state index < -0.39 is 0 Å². The first kappa shape index (κ1) is 16.4. The normalized spacial score (nSPS) is 10.8. The van der Waals surface area contributed by atoms with Gasteiger partial charge >= 0.3 is 0 Å². The van der Waals surface area contributed by atoms with Crippen LogP contribution < -0.4 is 10.9 Å². The van der Waals surface area contributed by atoms with E-state index in [9.17, 15) is 9.59 Å². The van der Waals surface area contributed by atoms with Crippen LogP contribution in [0, 0.1) is 0 Å². The second-order valence-electron chi connectivity index (χ2n) is 5.40. The molecule has 6 heteroatoms. The van der Waals surface area contributed by atoms with E-state index in [0.717, 1.165) is 11.8 Å². The van der Waals surface area contributed by atoms with Gasteiger partial charge in [-0.2, -0.15) is 9.78 Å². The monoisotopic (exact) mass is 385 g/mol. The van der Waals surface area contributed by atoms with Crippen molar-refractivity contribution < 1.29 is 4.79 Å². The molecule has 3 aromatic rings. The van der Waals surface area contributed by atoms with Gasteiger partial charge < -0.3 is 5.32 Å². The molecular formula is C18H16BrN3O2. The summed E-state index contributed by atoms with van der Waals surface area (Å²) < 4.78 is 1.96. The van der Waals surface area contributed by atoms with Crippen molar-refractivity contribution in [1.29, 1.82) is 0 Å². The topological polar surface area (TPSA) is 64.0 Å². The third kappa shape index (κ3) is 3.23. The molecule has 0 saturated carbocycles. The Morgan fingerprint density at radius 2 is 1.79 bits per heavy atom. The van der Waals surface area contributed by atoms with Crippen LogP contribution in [-0.2, 0) is 4.79 Å². The van der Waals surface area contributed by atoms with Crippen LogP contribution in [0.1, 0.15) is 19.8 Å². The van der Waals surface area contributed by atoms with Crippen molar-refractivity contribution in [3.63, 3.8) is 0 Å². The summed E-state index contributed by atoms with van der Waals surface area (Å²) in [6, 6.07) is 14.4. The van der Waals surface area contributed by atoms with E-state index >= 15 is 0 Å². The second kappa shape index (κ2) is 6.97. The number of anilines is 1. The maximum atomic E-state index is 12.6. The number of hydrogen-bond donors (Lipinski definition) is 1. The summed E-state index contributed by atoms with van der Waals surface area (Å²) >= 11 is 3.42. The summed E-state index contributed by atoms with van der Waals surface area (Å²) in [6.07, 6.45) is 1.29. The molecule has 0 fully saturated rings. The van der Waals surface area contributed by atoms with Crippen LogP contribution in [0.15, 0.2) is 57.9 Å². The van der Waals surface area contributed by atoms with Gasteiger partial charge in [-0.05, 0) is 52.7 Å². The molecule has 0 saturated heterocycles. The lowest BCUT2D eigenvalue weighted by Gasteiger charge is -2.09. The Labute approximate surface area is 147 Å². The first-order chi connectivity index (χ1) is 11.6. The lowest BCUT2D eigenvalue weighted by molar-refractivity contribution is -0.116. The van der Waals surface area contributed by atoms with E-state index in [-0.39, 0.29) is 11.5 Å². The highest BCUT2D eigenvalue weighted by atomic mass is 79.9. The number of hydrogen-bond acceptors (Lipinski definition) is 3. The van der Waals surface area contributed by atoms with E-state index in [2.05, 4.69) is 26.3 Å². The summed E-state index contributed by atoms with van der Waals surface area (Å²) in [4.78, 5) is 24.3. The standard InChI is InChI=1S/C18H16BrN3O2/c1-2-5-16(23)20-12-8-10-13(11-9-12)22-18(24)15-7-4-3-6-14(15)17(19)21-22/h3-4,6-11H,2,5H2,1H3,(H,20,23). The third-order valence-corrected chi connectivity index (χ3v) is 4.22. The number of benzene rings is 2. The van der Waals surface area contributed by atoms with E-state index in [1.54, 1.807) is 30.3 Å². The molecule has 24 heavy (non-hydrogen) atoms. The van der Waals surface area contributed by atoms with Gasteiger partial charge in [-0.15, -0.1) is 0 Å². The molecule has 1 aromatic heterocycles. The zero-order valence-electron chi connectivity index (χ0n) is 13.1. The summed E-state index contributed by atoms with van der Waals surface area (Å²) in [5.74, 6) is -0.0195. The number of nitrogens with zero attached hydrogens (tertiary/aromatic N) is 2. The fraction of sp³-hybridized carbons (Fsp3) is 0.167. The molecule has 0 bridgehead atoms. The van der Waals surface area contributed by atoms with Gasteiger partial charge in [0.05, 0.1) is 11.1 Å². The molecule has 0 aliphatic heterocycles. The van der Waals surface area contributed by atoms with Crippen molar-refractivity contribution >= 4 is 38.3 Å². The Morgan fingerprint density at radius 3 is 2.46 bits per heavy atom. The molecule has 3 rings (SSSR count). The number of rotatable bonds is 4. The molecule has 0 aliphatic rings. The highest BCUT2D eigenvalue weighted by molar-refractivity contribution is 9.10. The minimum atomic E-state index is -0.184. The van der Waals surface area contributed by atoms with Gasteiger partial charge in [-0.3, -0.25) is 9.59 Å². The van der Waals surface area contributed by atoms with Crippen molar-refractivity contribution in [3.8, 4) is 5.69 Å². The molecule has 0 radical (unpaired) electrons. The predicted molar refractivity (Wildman–Crippen MR) is 98.6 cm³/mol. The first-order valence-corrected chi connectivity index (χ1v) is 8.47. The van der Waals surface area contributed by atoms with Crippen LogP contribution in [0.25, 0.3) is 16.5 Å². The number of aromatic nitrogens is 2. The van der Waals surface area contributed by atoms with Gasteiger partial charge in [0.1, 0.15) is 4.60 Å². The minimum absolute atomic E-state index is 0.0195. The van der Waals surface area contributed by atoms with Crippen LogP contribution in [0.5, 0.6) is 0 Å². The lowest BCUT2D eigenvalue weighted by atomic mass is 10.2. The largest absolute Gasteiger partial charge is 0.326 e. The summed E-state index contributed by atoms with van der Waals surface area (Å²) in [7, 11) is 0. The summed E-state index contributed by atoms with van der Waals surface area (Å²) in [5, 5.41) is 8.52. The quantitative estimate of drug-likeness (QED) is 0.740. The van der Waals surface area contributed by atoms with Gasteiger partial charge in [-0.25, -0.2) is 0 Å². The number of carbonyl (C=O) groups excluding carboxylic acids is 1. The van der Waals surface area contributed by atoms with Gasteiger partial charge in [0.15, 0.2) is 0 Å². The average Bonchev–Trinajstić information content (AvgIpc) is 2.59. The average molecular weight is 386 g/mol. The molecule has 0 unspecified atom stereocenters. The van der Waals surface area contributed by atoms with Crippen LogP contribution >= 0.6 is 15.9 Å². The van der Waals surface area contributed by atoms with Crippen LogP contribution in [0.3, 0.4) is 0 Å². The molecule has 5 nitrogen and oxygen atoms in total. The molecule has 0 spiro atoms. The maximum Gasteiger partial charge on any atom is 0.279 e. The Morgan fingerprint density at radius 1 is 1.12 bits per heavy atom. The minimum Gasteiger partial charge on any atom is -0.326 e. The molecule has 0 atom stereocenters. The van der Waals surface area contributed by atoms with E-state index in [4.69, 9.17) is 0 Å². The fourth-order valence-electron chi connectivity index (χ4n) is 2.46. The molecule has 1 amide bonds. The number of fused-ring (bicyclic) bond motifs is 1. The van der Waals surface area contributed by atoms with Gasteiger partial charge in [0.2, 0.25) is 5.91 Å². The molecule has 0 aliphatic carbocycles. The predicted octanol–water partition coefficient (Wildman–Crippen LogP) is 3.89. The van der Waals surface area contributed by atoms with E-state index in [1.807, 2.05) is 25.1 Å². The Kier molecular flexibility index (Phi) is 4.76. The maximum absolute atomic E-state index is 12.6. The van der Waals surface area contributed by atoms with Crippen molar-refractivity contribution in [2.75, 3.05) is 5.32 Å². The highest BCUT2D eigenvalue weighted by Gasteiger charge is 2.10. The van der Waals surface area contributed by atoms with Crippen molar-refractivity contribution in [2.24, 2.45) is 0 Å². The SMILES string of the molecule is CCCC(=O)Nc1ccc(-n2nc(Br)c3ccccc3c2=O)cc1. The van der Waals surface area contributed by atoms with Gasteiger partial charge in [0, 0.05) is 17.5 Å². The highest BCUT2D eigenvalue weighted by Crippen LogP contribution is 2.20. The van der Waals surface area contributed by atoms with E-state index in [1.165, 1.54) is 4.68 Å². The van der Waals surface area contributed by atoms with Crippen LogP contribution in [0.4, 0.5) is 5.69 Å². The zero-order chi connectivity index (χ0) is 17.1. The molecule has 1 N–H and O–H groups in total. The number of nitrogens with one attached hydrogen (secondary N) is 1. The van der Waals surface area contributed by atoms with Crippen LogP contribution in [-0.4, -0.2) is 15.7 Å². The first-order valence-electron chi connectivity index (χ1n) is 7.68. The Hall–Kier alpha value is -2.47. The van der Waals surface area contributed by atoms with Gasteiger partial charge in [-0.1, -0.05) is 25.1 Å². The zero-order valence-corrected chi connectivity index (χ0v) is 14.7. The number of amides is 1. The molecule has 122 valence electrons. The molecule has 1 heterocycles. The van der Waals surface area contributed by atoms with E-state index in [0.29, 0.717) is 27.8 Å². The Balaban J connectivity index is 1.98. The summed E-state index contributed by atoms with van der Waals surface area (Å²) in [5.41, 5.74) is 1.15. The third-order valence-electron chi connectivity index (χ3n) is 3.63. The van der Waals surface area contributed by atoms with Gasteiger partial charge in [0.25, 0.3) is 5.56 Å². The van der Waals surface area contributed by atoms with Crippen molar-refractivity contribution in [2.45, 2.75) is 19.8 Å². The molecule has 2 aromatic carbocycles. The Bertz CT molecular complexity index is 949.